The Morgan fingerprint density at radius 1 is 1.41 bits per heavy atom. The molecule has 0 aromatic carbocycles. The maximum absolute atomic E-state index is 11.9. The van der Waals surface area contributed by atoms with Crippen LogP contribution in [0.3, 0.4) is 0 Å². The third kappa shape index (κ3) is 4.19. The quantitative estimate of drug-likeness (QED) is 0.546. The third-order valence-corrected chi connectivity index (χ3v) is 2.92. The summed E-state index contributed by atoms with van der Waals surface area (Å²) in [5.74, 6) is -1.04. The van der Waals surface area contributed by atoms with Gasteiger partial charge in [0.25, 0.3) is 0 Å². The van der Waals surface area contributed by atoms with Gasteiger partial charge in [0.05, 0.1) is 6.54 Å². The van der Waals surface area contributed by atoms with E-state index in [0.29, 0.717) is 19.5 Å². The van der Waals surface area contributed by atoms with Crippen LogP contribution >= 0.6 is 0 Å². The second-order valence-corrected chi connectivity index (χ2v) is 4.21. The van der Waals surface area contributed by atoms with Gasteiger partial charge in [0.2, 0.25) is 5.91 Å². The predicted octanol–water partition coefficient (Wildman–Crippen LogP) is 0.618. The van der Waals surface area contributed by atoms with Crippen LogP contribution < -0.4 is 5.32 Å². The van der Waals surface area contributed by atoms with Crippen molar-refractivity contribution in [3.05, 3.63) is 12.7 Å². The van der Waals surface area contributed by atoms with Crippen LogP contribution in [0.15, 0.2) is 12.7 Å². The SMILES string of the molecule is C=CCNCC(=O)N1CCCCCC1C(=O)O. The largest absolute Gasteiger partial charge is 0.480 e. The van der Waals surface area contributed by atoms with Crippen LogP contribution in [-0.2, 0) is 9.59 Å². The van der Waals surface area contributed by atoms with E-state index in [1.165, 1.54) is 4.90 Å². The summed E-state index contributed by atoms with van der Waals surface area (Å²) in [6.07, 6.45) is 4.98. The Bertz CT molecular complexity index is 291. The minimum absolute atomic E-state index is 0.138. The van der Waals surface area contributed by atoms with E-state index in [9.17, 15) is 9.59 Å². The molecule has 1 aliphatic rings. The second kappa shape index (κ2) is 7.06. The van der Waals surface area contributed by atoms with Crippen molar-refractivity contribution in [2.45, 2.75) is 31.7 Å². The first-order valence-electron chi connectivity index (χ1n) is 6.00. The van der Waals surface area contributed by atoms with Gasteiger partial charge in [-0.2, -0.15) is 0 Å². The summed E-state index contributed by atoms with van der Waals surface area (Å²) in [4.78, 5) is 24.5. The van der Waals surface area contributed by atoms with Gasteiger partial charge in [-0.05, 0) is 12.8 Å². The van der Waals surface area contributed by atoms with E-state index in [-0.39, 0.29) is 12.5 Å². The number of nitrogens with one attached hydrogen (secondary N) is 1. The van der Waals surface area contributed by atoms with E-state index < -0.39 is 12.0 Å². The molecule has 5 nitrogen and oxygen atoms in total. The molecule has 0 bridgehead atoms. The summed E-state index contributed by atoms with van der Waals surface area (Å²) in [5.41, 5.74) is 0. The highest BCUT2D eigenvalue weighted by molar-refractivity contribution is 5.84. The van der Waals surface area contributed by atoms with Crippen LogP contribution in [0.1, 0.15) is 25.7 Å². The number of amides is 1. The van der Waals surface area contributed by atoms with E-state index >= 15 is 0 Å². The molecule has 0 aromatic rings. The standard InChI is InChI=1S/C12H20N2O3/c1-2-7-13-9-11(15)14-8-5-3-4-6-10(14)12(16)17/h2,10,13H,1,3-9H2,(H,16,17). The highest BCUT2D eigenvalue weighted by Crippen LogP contribution is 2.17. The molecule has 1 saturated heterocycles. The zero-order valence-corrected chi connectivity index (χ0v) is 10.0. The van der Waals surface area contributed by atoms with E-state index in [0.717, 1.165) is 19.3 Å². The number of rotatable bonds is 5. The smallest absolute Gasteiger partial charge is 0.326 e. The Labute approximate surface area is 101 Å². The number of nitrogens with zero attached hydrogens (tertiary/aromatic N) is 1. The summed E-state index contributed by atoms with van der Waals surface area (Å²) >= 11 is 0. The van der Waals surface area contributed by atoms with Gasteiger partial charge < -0.3 is 15.3 Å². The molecule has 1 rings (SSSR count). The topological polar surface area (TPSA) is 69.6 Å². The van der Waals surface area contributed by atoms with Gasteiger partial charge in [0.15, 0.2) is 0 Å². The average molecular weight is 240 g/mol. The van der Waals surface area contributed by atoms with E-state index in [2.05, 4.69) is 11.9 Å². The van der Waals surface area contributed by atoms with Crippen molar-refractivity contribution in [2.24, 2.45) is 0 Å². The lowest BCUT2D eigenvalue weighted by Crippen LogP contribution is -2.47. The molecule has 1 aliphatic heterocycles. The fraction of sp³-hybridized carbons (Fsp3) is 0.667. The number of carbonyl (C=O) groups excluding carboxylic acids is 1. The van der Waals surface area contributed by atoms with Gasteiger partial charge in [0, 0.05) is 13.1 Å². The molecule has 0 radical (unpaired) electrons. The van der Waals surface area contributed by atoms with E-state index in [1.54, 1.807) is 6.08 Å². The van der Waals surface area contributed by atoms with Crippen LogP contribution in [0, 0.1) is 0 Å². The summed E-state index contributed by atoms with van der Waals surface area (Å²) in [7, 11) is 0. The number of aliphatic carboxylic acids is 1. The zero-order valence-electron chi connectivity index (χ0n) is 10.0. The Morgan fingerprint density at radius 3 is 2.82 bits per heavy atom. The van der Waals surface area contributed by atoms with Crippen molar-refractivity contribution in [1.29, 1.82) is 0 Å². The fourth-order valence-corrected chi connectivity index (χ4v) is 2.05. The minimum atomic E-state index is -0.899. The molecule has 1 unspecified atom stereocenters. The second-order valence-electron chi connectivity index (χ2n) is 4.21. The first-order valence-corrected chi connectivity index (χ1v) is 6.00. The van der Waals surface area contributed by atoms with Gasteiger partial charge in [-0.3, -0.25) is 4.79 Å². The van der Waals surface area contributed by atoms with Gasteiger partial charge >= 0.3 is 5.97 Å². The van der Waals surface area contributed by atoms with Crippen LogP contribution in [0.25, 0.3) is 0 Å². The molecule has 1 heterocycles. The number of hydrogen-bond acceptors (Lipinski definition) is 3. The maximum Gasteiger partial charge on any atom is 0.326 e. The van der Waals surface area contributed by atoms with Crippen molar-refractivity contribution in [1.82, 2.24) is 10.2 Å². The third-order valence-electron chi connectivity index (χ3n) is 2.92. The summed E-state index contributed by atoms with van der Waals surface area (Å²) in [6, 6.07) is -0.657. The number of carboxylic acids is 1. The molecule has 0 aliphatic carbocycles. The molecule has 1 amide bonds. The molecule has 0 spiro atoms. The molecule has 0 saturated carbocycles. The highest BCUT2D eigenvalue weighted by Gasteiger charge is 2.30. The molecular formula is C12H20N2O3. The van der Waals surface area contributed by atoms with Gasteiger partial charge in [-0.15, -0.1) is 6.58 Å². The van der Waals surface area contributed by atoms with Crippen molar-refractivity contribution < 1.29 is 14.7 Å². The lowest BCUT2D eigenvalue weighted by atomic mass is 10.1. The number of likely N-dealkylation sites (tertiary alicyclic amines) is 1. The molecule has 5 heteroatoms. The van der Waals surface area contributed by atoms with Crippen LogP contribution in [0.4, 0.5) is 0 Å². The van der Waals surface area contributed by atoms with Crippen molar-refractivity contribution >= 4 is 11.9 Å². The molecule has 1 atom stereocenters. The molecule has 96 valence electrons. The number of hydrogen-bond donors (Lipinski definition) is 2. The van der Waals surface area contributed by atoms with Crippen LogP contribution in [0.5, 0.6) is 0 Å². The Morgan fingerprint density at radius 2 is 2.18 bits per heavy atom. The molecule has 17 heavy (non-hydrogen) atoms. The summed E-state index contributed by atoms with van der Waals surface area (Å²) in [5, 5.41) is 12.0. The van der Waals surface area contributed by atoms with Crippen LogP contribution in [-0.4, -0.2) is 47.6 Å². The predicted molar refractivity (Wildman–Crippen MR) is 64.7 cm³/mol. The zero-order chi connectivity index (χ0) is 12.7. The van der Waals surface area contributed by atoms with E-state index in [4.69, 9.17) is 5.11 Å². The Kier molecular flexibility index (Phi) is 5.69. The monoisotopic (exact) mass is 240 g/mol. The van der Waals surface area contributed by atoms with Gasteiger partial charge in [-0.1, -0.05) is 18.9 Å². The molecule has 1 fully saturated rings. The number of carbonyl (C=O) groups is 2. The average Bonchev–Trinajstić information content (AvgIpc) is 2.54. The van der Waals surface area contributed by atoms with Crippen molar-refractivity contribution in [3.63, 3.8) is 0 Å². The highest BCUT2D eigenvalue weighted by atomic mass is 16.4. The Balaban J connectivity index is 2.58. The molecule has 0 aromatic heterocycles. The lowest BCUT2D eigenvalue weighted by Gasteiger charge is -2.27. The number of carboxylic acid groups (broad SMARTS) is 1. The van der Waals surface area contributed by atoms with Crippen molar-refractivity contribution in [2.75, 3.05) is 19.6 Å². The molecule has 2 N–H and O–H groups in total. The summed E-state index contributed by atoms with van der Waals surface area (Å²) in [6.45, 7) is 4.82. The van der Waals surface area contributed by atoms with Gasteiger partial charge in [0.1, 0.15) is 6.04 Å². The van der Waals surface area contributed by atoms with Crippen LogP contribution in [0.2, 0.25) is 0 Å². The lowest BCUT2D eigenvalue weighted by molar-refractivity contribution is -0.149. The van der Waals surface area contributed by atoms with Gasteiger partial charge in [-0.25, -0.2) is 4.79 Å². The maximum atomic E-state index is 11.9. The summed E-state index contributed by atoms with van der Waals surface area (Å²) < 4.78 is 0. The fourth-order valence-electron chi connectivity index (χ4n) is 2.05. The Hall–Kier alpha value is -1.36. The first-order chi connectivity index (χ1) is 8.16. The first kappa shape index (κ1) is 13.7. The van der Waals surface area contributed by atoms with Crippen molar-refractivity contribution in [3.8, 4) is 0 Å². The minimum Gasteiger partial charge on any atom is -0.480 e. The molecular weight excluding hydrogens is 220 g/mol. The van der Waals surface area contributed by atoms with E-state index in [1.807, 2.05) is 0 Å². The normalized spacial score (nSPS) is 20.7.